The number of fused-ring (bicyclic) bond motifs is 2. The third kappa shape index (κ3) is 2.75. The molecule has 0 spiro atoms. The van der Waals surface area contributed by atoms with Gasteiger partial charge in [-0.05, 0) is 38.5 Å². The van der Waals surface area contributed by atoms with Gasteiger partial charge in [0.25, 0.3) is 11.6 Å². The van der Waals surface area contributed by atoms with Gasteiger partial charge < -0.3 is 14.5 Å². The Morgan fingerprint density at radius 3 is 2.57 bits per heavy atom. The van der Waals surface area contributed by atoms with Gasteiger partial charge in [0, 0.05) is 24.2 Å². The molecule has 0 aliphatic carbocycles. The zero-order valence-corrected chi connectivity index (χ0v) is 17.1. The van der Waals surface area contributed by atoms with E-state index in [1.165, 1.54) is 11.0 Å². The molecule has 154 valence electrons. The van der Waals surface area contributed by atoms with Gasteiger partial charge in [0.05, 0.1) is 28.4 Å². The molecule has 0 fully saturated rings. The van der Waals surface area contributed by atoms with E-state index in [0.717, 1.165) is 5.56 Å². The maximum Gasteiger partial charge on any atom is 0.273 e. The van der Waals surface area contributed by atoms with Crippen LogP contribution in [0.15, 0.2) is 42.1 Å². The molecule has 4 rings (SSSR count). The lowest BCUT2D eigenvalue weighted by molar-refractivity contribution is -0.385. The van der Waals surface area contributed by atoms with E-state index in [1.807, 2.05) is 12.1 Å². The molecule has 0 radical (unpaired) electrons. The fourth-order valence-electron chi connectivity index (χ4n) is 4.32. The summed E-state index contributed by atoms with van der Waals surface area (Å²) in [6.45, 7) is 5.54. The SMILES string of the molecule is Cc1c([N+](=O)[O-])ccc2c1C(N1Cc3ccccc3C1=O)=C(N(C)C=O)C(C)(C)O2. The van der Waals surface area contributed by atoms with Crippen LogP contribution in [0.2, 0.25) is 0 Å². The van der Waals surface area contributed by atoms with Gasteiger partial charge in [-0.2, -0.15) is 0 Å². The Balaban J connectivity index is 2.05. The van der Waals surface area contributed by atoms with Gasteiger partial charge in [-0.3, -0.25) is 19.7 Å². The van der Waals surface area contributed by atoms with Crippen LogP contribution in [0.4, 0.5) is 5.69 Å². The minimum Gasteiger partial charge on any atom is -0.481 e. The highest BCUT2D eigenvalue weighted by Crippen LogP contribution is 2.48. The van der Waals surface area contributed by atoms with Crippen molar-refractivity contribution in [3.63, 3.8) is 0 Å². The van der Waals surface area contributed by atoms with Gasteiger partial charge in [-0.1, -0.05) is 18.2 Å². The van der Waals surface area contributed by atoms with E-state index in [9.17, 15) is 19.7 Å². The molecule has 0 saturated carbocycles. The fourth-order valence-corrected chi connectivity index (χ4v) is 4.32. The van der Waals surface area contributed by atoms with Crippen molar-refractivity contribution in [2.24, 2.45) is 0 Å². The molecule has 0 N–H and O–H groups in total. The van der Waals surface area contributed by atoms with Crippen LogP contribution in [-0.2, 0) is 11.3 Å². The zero-order chi connectivity index (χ0) is 21.8. The molecule has 2 heterocycles. The molecule has 8 nitrogen and oxygen atoms in total. The summed E-state index contributed by atoms with van der Waals surface area (Å²) in [5.74, 6) is 0.219. The Morgan fingerprint density at radius 2 is 1.93 bits per heavy atom. The molecular formula is C22H21N3O5. The minimum atomic E-state index is -0.949. The second-order valence-corrected chi connectivity index (χ2v) is 7.91. The smallest absolute Gasteiger partial charge is 0.273 e. The van der Waals surface area contributed by atoms with Crippen LogP contribution in [0, 0.1) is 17.0 Å². The number of rotatable bonds is 4. The van der Waals surface area contributed by atoms with Gasteiger partial charge in [0.1, 0.15) is 11.4 Å². The third-order valence-corrected chi connectivity index (χ3v) is 5.59. The zero-order valence-electron chi connectivity index (χ0n) is 17.1. The van der Waals surface area contributed by atoms with Crippen LogP contribution < -0.4 is 4.74 Å². The number of hydrogen-bond acceptors (Lipinski definition) is 5. The highest BCUT2D eigenvalue weighted by atomic mass is 16.6. The van der Waals surface area contributed by atoms with Crippen LogP contribution in [0.5, 0.6) is 5.75 Å². The Hall–Kier alpha value is -3.68. The molecule has 0 unspecified atom stereocenters. The van der Waals surface area contributed by atoms with Gasteiger partial charge in [-0.15, -0.1) is 0 Å². The van der Waals surface area contributed by atoms with Crippen LogP contribution >= 0.6 is 0 Å². The average molecular weight is 407 g/mol. The predicted molar refractivity (Wildman–Crippen MR) is 110 cm³/mol. The topological polar surface area (TPSA) is 93.0 Å². The Bertz CT molecular complexity index is 1140. The molecule has 8 heteroatoms. The van der Waals surface area contributed by atoms with Crippen molar-refractivity contribution in [1.82, 2.24) is 9.80 Å². The van der Waals surface area contributed by atoms with E-state index >= 15 is 0 Å². The van der Waals surface area contributed by atoms with Gasteiger partial charge in [-0.25, -0.2) is 0 Å². The van der Waals surface area contributed by atoms with Crippen molar-refractivity contribution < 1.29 is 19.2 Å². The lowest BCUT2D eigenvalue weighted by Gasteiger charge is -2.41. The highest BCUT2D eigenvalue weighted by molar-refractivity contribution is 6.04. The summed E-state index contributed by atoms with van der Waals surface area (Å²) in [6, 6.07) is 10.2. The molecule has 2 aromatic rings. The third-order valence-electron chi connectivity index (χ3n) is 5.59. The quantitative estimate of drug-likeness (QED) is 0.439. The molecule has 0 saturated heterocycles. The van der Waals surface area contributed by atoms with Crippen molar-refractivity contribution in [3.8, 4) is 5.75 Å². The van der Waals surface area contributed by atoms with E-state index < -0.39 is 10.5 Å². The van der Waals surface area contributed by atoms with Gasteiger partial charge >= 0.3 is 0 Å². The summed E-state index contributed by atoms with van der Waals surface area (Å²) in [6.07, 6.45) is 0.645. The van der Waals surface area contributed by atoms with Crippen molar-refractivity contribution >= 4 is 23.7 Å². The largest absolute Gasteiger partial charge is 0.481 e. The lowest BCUT2D eigenvalue weighted by atomic mass is 9.90. The maximum absolute atomic E-state index is 13.3. The molecule has 2 aliphatic rings. The Kier molecular flexibility index (Phi) is 4.38. The summed E-state index contributed by atoms with van der Waals surface area (Å²) in [4.78, 5) is 39.1. The van der Waals surface area contributed by atoms with Crippen LogP contribution in [0.3, 0.4) is 0 Å². The summed E-state index contributed by atoms with van der Waals surface area (Å²) in [5.41, 5.74) is 2.16. The molecule has 0 atom stereocenters. The first-order chi connectivity index (χ1) is 14.2. The summed E-state index contributed by atoms with van der Waals surface area (Å²) in [5, 5.41) is 11.6. The fraction of sp³-hybridized carbons (Fsp3) is 0.273. The summed E-state index contributed by atoms with van der Waals surface area (Å²) in [7, 11) is 1.58. The standard InChI is InChI=1S/C22H21N3O5/c1-13-16(25(28)29)9-10-17-18(13)19(20(23(4)12-26)22(2,3)30-17)24-11-14-7-5-6-8-15(14)21(24)27/h5-10,12H,11H2,1-4H3. The number of benzene rings is 2. The molecular weight excluding hydrogens is 386 g/mol. The Morgan fingerprint density at radius 1 is 1.23 bits per heavy atom. The number of nitro benzene ring substituents is 1. The number of nitro groups is 1. The highest BCUT2D eigenvalue weighted by Gasteiger charge is 2.44. The first-order valence-electron chi connectivity index (χ1n) is 9.47. The van der Waals surface area contributed by atoms with Gasteiger partial charge in [0.2, 0.25) is 6.41 Å². The number of nitrogens with zero attached hydrogens (tertiary/aromatic N) is 3. The maximum atomic E-state index is 13.3. The molecule has 30 heavy (non-hydrogen) atoms. The van der Waals surface area contributed by atoms with Crippen LogP contribution in [-0.4, -0.2) is 39.7 Å². The monoisotopic (exact) mass is 407 g/mol. The second kappa shape index (κ2) is 6.69. The number of ether oxygens (including phenoxy) is 1. The van der Waals surface area contributed by atoms with Crippen molar-refractivity contribution in [2.75, 3.05) is 7.05 Å². The van der Waals surface area contributed by atoms with Crippen molar-refractivity contribution in [1.29, 1.82) is 0 Å². The molecule has 2 aromatic carbocycles. The number of likely N-dealkylation sites (N-methyl/N-ethyl adjacent to an activating group) is 1. The second-order valence-electron chi connectivity index (χ2n) is 7.91. The number of carbonyl (C=O) groups excluding carboxylic acids is 2. The first kappa shape index (κ1) is 19.6. The van der Waals surface area contributed by atoms with Crippen molar-refractivity contribution in [3.05, 3.63) is 74.5 Å². The van der Waals surface area contributed by atoms with Crippen LogP contribution in [0.25, 0.3) is 5.70 Å². The van der Waals surface area contributed by atoms with Gasteiger partial charge in [0.15, 0.2) is 0 Å². The van der Waals surface area contributed by atoms with Crippen LogP contribution in [0.1, 0.15) is 40.9 Å². The molecule has 2 amide bonds. The number of amides is 2. The summed E-state index contributed by atoms with van der Waals surface area (Å²) >= 11 is 0. The molecule has 2 aliphatic heterocycles. The average Bonchev–Trinajstić information content (AvgIpc) is 3.02. The predicted octanol–water partition coefficient (Wildman–Crippen LogP) is 3.49. The normalized spacial score (nSPS) is 16.7. The number of hydrogen-bond donors (Lipinski definition) is 0. The van der Waals surface area contributed by atoms with E-state index in [1.54, 1.807) is 50.9 Å². The van der Waals surface area contributed by atoms with E-state index in [4.69, 9.17) is 4.74 Å². The molecule has 0 bridgehead atoms. The summed E-state index contributed by atoms with van der Waals surface area (Å²) < 4.78 is 6.15. The minimum absolute atomic E-state index is 0.0770. The van der Waals surface area contributed by atoms with Crippen molar-refractivity contribution in [2.45, 2.75) is 32.9 Å². The first-order valence-corrected chi connectivity index (χ1v) is 9.47. The van der Waals surface area contributed by atoms with E-state index in [-0.39, 0.29) is 11.6 Å². The van der Waals surface area contributed by atoms with E-state index in [0.29, 0.717) is 46.8 Å². The lowest BCUT2D eigenvalue weighted by Crippen LogP contribution is -2.44. The Labute approximate surface area is 173 Å². The van der Waals surface area contributed by atoms with E-state index in [2.05, 4.69) is 0 Å². The number of carbonyl (C=O) groups is 2. The molecule has 0 aromatic heterocycles.